The Morgan fingerprint density at radius 1 is 1.46 bits per heavy atom. The zero-order chi connectivity index (χ0) is 17.3. The van der Waals surface area contributed by atoms with Gasteiger partial charge in [0.25, 0.3) is 0 Å². The van der Waals surface area contributed by atoms with Crippen LogP contribution in [0.25, 0.3) is 11.3 Å². The zero-order valence-corrected chi connectivity index (χ0v) is 14.7. The van der Waals surface area contributed by atoms with Crippen LogP contribution in [0, 0.1) is 18.8 Å². The molecular formula is C18H24N4O2. The van der Waals surface area contributed by atoms with Crippen molar-refractivity contribution < 1.29 is 9.32 Å². The van der Waals surface area contributed by atoms with Crippen molar-refractivity contribution in [3.05, 3.63) is 29.5 Å². The standard InChI is InChI=1S/C18H24N4O2/c1-10(2)17-20-9-14(16-8-12(4)22-24-16)15(21-17)5-6-19-18(23)13-7-11(13)3/h8-11,13H,5-7H2,1-4H3,(H,19,23). The molecule has 0 bridgehead atoms. The Bertz CT molecular complexity index is 738. The van der Waals surface area contributed by atoms with Gasteiger partial charge in [-0.05, 0) is 19.3 Å². The molecule has 128 valence electrons. The number of hydrogen-bond acceptors (Lipinski definition) is 5. The highest BCUT2D eigenvalue weighted by atomic mass is 16.5. The molecule has 1 N–H and O–H groups in total. The van der Waals surface area contributed by atoms with Gasteiger partial charge in [-0.3, -0.25) is 4.79 Å². The van der Waals surface area contributed by atoms with E-state index in [2.05, 4.69) is 41.2 Å². The van der Waals surface area contributed by atoms with Gasteiger partial charge in [0, 0.05) is 37.1 Å². The maximum absolute atomic E-state index is 12.0. The Balaban J connectivity index is 1.75. The lowest BCUT2D eigenvalue weighted by molar-refractivity contribution is -0.122. The van der Waals surface area contributed by atoms with E-state index in [-0.39, 0.29) is 17.7 Å². The van der Waals surface area contributed by atoms with Crippen molar-refractivity contribution in [3.63, 3.8) is 0 Å². The fourth-order valence-electron chi connectivity index (χ4n) is 2.72. The fraction of sp³-hybridized carbons (Fsp3) is 0.556. The first kappa shape index (κ1) is 16.6. The van der Waals surface area contributed by atoms with Gasteiger partial charge in [-0.2, -0.15) is 0 Å². The summed E-state index contributed by atoms with van der Waals surface area (Å²) in [5.41, 5.74) is 2.54. The van der Waals surface area contributed by atoms with Crippen molar-refractivity contribution in [1.29, 1.82) is 0 Å². The maximum atomic E-state index is 12.0. The number of aromatic nitrogens is 3. The number of carbonyl (C=O) groups is 1. The third-order valence-electron chi connectivity index (χ3n) is 4.40. The number of aryl methyl sites for hydroxylation is 1. The van der Waals surface area contributed by atoms with Gasteiger partial charge in [0.2, 0.25) is 5.91 Å². The van der Waals surface area contributed by atoms with Crippen LogP contribution < -0.4 is 5.32 Å². The van der Waals surface area contributed by atoms with Crippen molar-refractivity contribution in [2.45, 2.75) is 46.5 Å². The highest BCUT2D eigenvalue weighted by Gasteiger charge is 2.38. The summed E-state index contributed by atoms with van der Waals surface area (Å²) < 4.78 is 5.36. The fourth-order valence-corrected chi connectivity index (χ4v) is 2.72. The highest BCUT2D eigenvalue weighted by Crippen LogP contribution is 2.37. The maximum Gasteiger partial charge on any atom is 0.223 e. The van der Waals surface area contributed by atoms with Crippen LogP contribution in [0.1, 0.15) is 50.3 Å². The average Bonchev–Trinajstić information content (AvgIpc) is 3.12. The summed E-state index contributed by atoms with van der Waals surface area (Å²) in [7, 11) is 0. The molecule has 1 aliphatic carbocycles. The lowest BCUT2D eigenvalue weighted by Crippen LogP contribution is -2.28. The molecule has 6 heteroatoms. The van der Waals surface area contributed by atoms with Crippen molar-refractivity contribution in [2.24, 2.45) is 11.8 Å². The van der Waals surface area contributed by atoms with E-state index in [0.717, 1.165) is 29.2 Å². The smallest absolute Gasteiger partial charge is 0.223 e. The van der Waals surface area contributed by atoms with Crippen LogP contribution in [0.15, 0.2) is 16.8 Å². The Morgan fingerprint density at radius 3 is 2.79 bits per heavy atom. The first-order chi connectivity index (χ1) is 11.5. The third kappa shape index (κ3) is 3.63. The summed E-state index contributed by atoms with van der Waals surface area (Å²) in [4.78, 5) is 21.1. The van der Waals surface area contributed by atoms with E-state index in [1.165, 1.54) is 0 Å². The molecule has 3 rings (SSSR count). The van der Waals surface area contributed by atoms with Crippen molar-refractivity contribution in [3.8, 4) is 11.3 Å². The van der Waals surface area contributed by atoms with Gasteiger partial charge in [0.15, 0.2) is 5.76 Å². The summed E-state index contributed by atoms with van der Waals surface area (Å²) >= 11 is 0. The molecular weight excluding hydrogens is 304 g/mol. The van der Waals surface area contributed by atoms with Crippen molar-refractivity contribution in [1.82, 2.24) is 20.4 Å². The van der Waals surface area contributed by atoms with E-state index in [1.54, 1.807) is 6.20 Å². The molecule has 1 fully saturated rings. The second-order valence-electron chi connectivity index (χ2n) is 6.94. The molecule has 2 unspecified atom stereocenters. The second-order valence-corrected chi connectivity index (χ2v) is 6.94. The molecule has 1 saturated carbocycles. The number of nitrogens with zero attached hydrogens (tertiary/aromatic N) is 3. The molecule has 2 aromatic heterocycles. The molecule has 1 amide bonds. The lowest BCUT2D eigenvalue weighted by atomic mass is 10.1. The summed E-state index contributed by atoms with van der Waals surface area (Å²) in [5, 5.41) is 6.95. The van der Waals surface area contributed by atoms with E-state index in [4.69, 9.17) is 4.52 Å². The monoisotopic (exact) mass is 328 g/mol. The molecule has 2 atom stereocenters. The minimum atomic E-state index is 0.151. The van der Waals surface area contributed by atoms with Crippen LogP contribution in [-0.2, 0) is 11.2 Å². The first-order valence-corrected chi connectivity index (χ1v) is 8.53. The van der Waals surface area contributed by atoms with Crippen LogP contribution in [0.3, 0.4) is 0 Å². The first-order valence-electron chi connectivity index (χ1n) is 8.53. The molecule has 0 radical (unpaired) electrons. The highest BCUT2D eigenvalue weighted by molar-refractivity contribution is 5.81. The van der Waals surface area contributed by atoms with Gasteiger partial charge >= 0.3 is 0 Å². The minimum Gasteiger partial charge on any atom is -0.356 e. The Labute approximate surface area is 142 Å². The second kappa shape index (κ2) is 6.71. The summed E-state index contributed by atoms with van der Waals surface area (Å²) in [5.74, 6) is 2.57. The van der Waals surface area contributed by atoms with Gasteiger partial charge in [-0.15, -0.1) is 0 Å². The number of rotatable bonds is 6. The Hall–Kier alpha value is -2.24. The molecule has 6 nitrogen and oxygen atoms in total. The largest absolute Gasteiger partial charge is 0.356 e. The van der Waals surface area contributed by atoms with Crippen LogP contribution in [0.4, 0.5) is 0 Å². The third-order valence-corrected chi connectivity index (χ3v) is 4.40. The Morgan fingerprint density at radius 2 is 2.21 bits per heavy atom. The molecule has 1 aliphatic rings. The van der Waals surface area contributed by atoms with Crippen LogP contribution >= 0.6 is 0 Å². The molecule has 24 heavy (non-hydrogen) atoms. The van der Waals surface area contributed by atoms with E-state index < -0.39 is 0 Å². The van der Waals surface area contributed by atoms with Gasteiger partial charge in [0.1, 0.15) is 5.82 Å². The summed E-state index contributed by atoms with van der Waals surface area (Å²) in [6, 6.07) is 1.88. The Kier molecular flexibility index (Phi) is 4.64. The number of carbonyl (C=O) groups excluding carboxylic acids is 1. The van der Waals surface area contributed by atoms with E-state index in [0.29, 0.717) is 24.6 Å². The molecule has 0 aromatic carbocycles. The quantitative estimate of drug-likeness (QED) is 0.882. The number of amides is 1. The molecule has 0 saturated heterocycles. The summed E-state index contributed by atoms with van der Waals surface area (Å²) in [6.07, 6.45) is 3.44. The van der Waals surface area contributed by atoms with Crippen LogP contribution in [-0.4, -0.2) is 27.6 Å². The van der Waals surface area contributed by atoms with Crippen molar-refractivity contribution in [2.75, 3.05) is 6.54 Å². The van der Waals surface area contributed by atoms with E-state index in [9.17, 15) is 4.79 Å². The predicted molar refractivity (Wildman–Crippen MR) is 90.3 cm³/mol. The minimum absolute atomic E-state index is 0.151. The van der Waals surface area contributed by atoms with Gasteiger partial charge in [-0.25, -0.2) is 9.97 Å². The van der Waals surface area contributed by atoms with Gasteiger partial charge < -0.3 is 9.84 Å². The number of nitrogens with one attached hydrogen (secondary N) is 1. The summed E-state index contributed by atoms with van der Waals surface area (Å²) in [6.45, 7) is 8.68. The van der Waals surface area contributed by atoms with E-state index >= 15 is 0 Å². The molecule has 2 heterocycles. The van der Waals surface area contributed by atoms with Gasteiger partial charge in [-0.1, -0.05) is 25.9 Å². The van der Waals surface area contributed by atoms with Gasteiger partial charge in [0.05, 0.1) is 17.0 Å². The SMILES string of the molecule is Cc1cc(-c2cnc(C(C)C)nc2CCNC(=O)C2CC2C)on1. The van der Waals surface area contributed by atoms with Crippen molar-refractivity contribution >= 4 is 5.91 Å². The van der Waals surface area contributed by atoms with Crippen LogP contribution in [0.2, 0.25) is 0 Å². The average molecular weight is 328 g/mol. The lowest BCUT2D eigenvalue weighted by Gasteiger charge is -2.11. The predicted octanol–water partition coefficient (Wildman–Crippen LogP) is 2.88. The molecule has 0 aliphatic heterocycles. The zero-order valence-electron chi connectivity index (χ0n) is 14.7. The van der Waals surface area contributed by atoms with E-state index in [1.807, 2.05) is 13.0 Å². The topological polar surface area (TPSA) is 80.9 Å². The normalized spacial score (nSPS) is 19.5. The number of hydrogen-bond donors (Lipinski definition) is 1. The van der Waals surface area contributed by atoms with Crippen LogP contribution in [0.5, 0.6) is 0 Å². The molecule has 2 aromatic rings. The molecule has 0 spiro atoms.